The molecule has 0 unspecified atom stereocenters. The van der Waals surface area contributed by atoms with Crippen molar-refractivity contribution >= 4 is 17.5 Å². The maximum Gasteiger partial charge on any atom is 0.267 e. The Bertz CT molecular complexity index is 646. The predicted molar refractivity (Wildman–Crippen MR) is 76.6 cm³/mol. The molecule has 4 nitrogen and oxygen atoms in total. The fourth-order valence-corrected chi connectivity index (χ4v) is 2.55. The quantitative estimate of drug-likeness (QED) is 0.504. The summed E-state index contributed by atoms with van der Waals surface area (Å²) in [7, 11) is 0. The fourth-order valence-electron chi connectivity index (χ4n) is 2.23. The number of hydrogen-bond acceptors (Lipinski definition) is 2. The maximum atomic E-state index is 11.7. The molecule has 0 aliphatic carbocycles. The molecular weight excluding hydrogens is 262 g/mol. The Balaban J connectivity index is 2.63. The van der Waals surface area contributed by atoms with Gasteiger partial charge in [-0.2, -0.15) is 0 Å². The van der Waals surface area contributed by atoms with Crippen LogP contribution in [0.5, 0.6) is 0 Å². The molecule has 0 aliphatic heterocycles. The Morgan fingerprint density at radius 2 is 1.95 bits per heavy atom. The van der Waals surface area contributed by atoms with Crippen molar-refractivity contribution in [1.82, 2.24) is 9.99 Å². The van der Waals surface area contributed by atoms with E-state index in [0.29, 0.717) is 10.6 Å². The van der Waals surface area contributed by atoms with Gasteiger partial charge in [-0.15, -0.1) is 0 Å². The minimum atomic E-state index is -0.303. The van der Waals surface area contributed by atoms with Crippen molar-refractivity contribution in [1.29, 1.82) is 0 Å². The van der Waals surface area contributed by atoms with Crippen LogP contribution >= 0.6 is 11.6 Å². The normalized spacial score (nSPS) is 10.6. The molecule has 2 rings (SSSR count). The van der Waals surface area contributed by atoms with Gasteiger partial charge in [0.2, 0.25) is 0 Å². The molecule has 0 bridgehead atoms. The van der Waals surface area contributed by atoms with Crippen LogP contribution in [-0.2, 0) is 0 Å². The van der Waals surface area contributed by atoms with E-state index < -0.39 is 0 Å². The van der Waals surface area contributed by atoms with E-state index in [9.17, 15) is 4.79 Å². The molecule has 0 saturated carbocycles. The second-order valence-electron chi connectivity index (χ2n) is 4.55. The fraction of sp³-hybridized carbons (Fsp3) is 0.214. The highest BCUT2D eigenvalue weighted by Crippen LogP contribution is 2.27. The number of nitrogens with two attached hydrogens (primary N) is 1. The summed E-state index contributed by atoms with van der Waals surface area (Å²) in [5.74, 6) is 4.88. The molecule has 1 aromatic carbocycles. The topological polar surface area (TPSA) is 60.0 Å². The van der Waals surface area contributed by atoms with Crippen LogP contribution < -0.4 is 11.3 Å². The van der Waals surface area contributed by atoms with Gasteiger partial charge < -0.3 is 4.57 Å². The van der Waals surface area contributed by atoms with Crippen molar-refractivity contribution in [2.24, 2.45) is 5.84 Å². The lowest BCUT2D eigenvalue weighted by Gasteiger charge is -2.12. The van der Waals surface area contributed by atoms with Crippen molar-refractivity contribution in [3.63, 3.8) is 0 Å². The van der Waals surface area contributed by atoms with Crippen LogP contribution in [0.25, 0.3) is 5.69 Å². The number of carbonyl (C=O) groups is 1. The lowest BCUT2D eigenvalue weighted by molar-refractivity contribution is 0.0953. The van der Waals surface area contributed by atoms with E-state index in [1.807, 2.05) is 43.5 Å². The zero-order valence-corrected chi connectivity index (χ0v) is 11.9. The lowest BCUT2D eigenvalue weighted by Crippen LogP contribution is -2.30. The van der Waals surface area contributed by atoms with Gasteiger partial charge in [-0.1, -0.05) is 17.7 Å². The minimum absolute atomic E-state index is 0.303. The van der Waals surface area contributed by atoms with Gasteiger partial charge in [0.05, 0.1) is 16.3 Å². The number of nitrogens with one attached hydrogen (secondary N) is 1. The number of amides is 1. The Morgan fingerprint density at radius 1 is 1.26 bits per heavy atom. The highest BCUT2D eigenvalue weighted by molar-refractivity contribution is 6.32. The number of benzene rings is 1. The molecule has 0 atom stereocenters. The summed E-state index contributed by atoms with van der Waals surface area (Å²) in [5, 5.41) is 0.654. The third kappa shape index (κ3) is 2.37. The average Bonchev–Trinajstić information content (AvgIpc) is 2.65. The maximum absolute atomic E-state index is 11.7. The SMILES string of the molecule is Cc1ccc(-n2c(C)cc(C(=O)NN)c2C)c(Cl)c1. The first-order chi connectivity index (χ1) is 8.95. The first-order valence-electron chi connectivity index (χ1n) is 5.92. The van der Waals surface area contributed by atoms with Crippen molar-refractivity contribution in [3.8, 4) is 5.69 Å². The van der Waals surface area contributed by atoms with Crippen LogP contribution in [0, 0.1) is 20.8 Å². The molecule has 0 radical (unpaired) electrons. The summed E-state index contributed by atoms with van der Waals surface area (Å²) in [5.41, 5.74) is 6.40. The predicted octanol–water partition coefficient (Wildman–Crippen LogP) is 2.66. The number of carbonyl (C=O) groups excluding carboxylic acids is 1. The van der Waals surface area contributed by atoms with Crippen molar-refractivity contribution in [3.05, 3.63) is 51.8 Å². The van der Waals surface area contributed by atoms with Crippen LogP contribution in [0.15, 0.2) is 24.3 Å². The van der Waals surface area contributed by atoms with Gasteiger partial charge in [-0.25, -0.2) is 5.84 Å². The number of nitrogens with zero attached hydrogens (tertiary/aromatic N) is 1. The zero-order chi connectivity index (χ0) is 14.2. The first-order valence-corrected chi connectivity index (χ1v) is 6.30. The van der Waals surface area contributed by atoms with Crippen LogP contribution in [0.2, 0.25) is 5.02 Å². The molecule has 5 heteroatoms. The number of aryl methyl sites for hydroxylation is 2. The van der Waals surface area contributed by atoms with Gasteiger partial charge in [-0.3, -0.25) is 10.2 Å². The number of hydrogen-bond donors (Lipinski definition) is 2. The zero-order valence-electron chi connectivity index (χ0n) is 11.1. The molecule has 0 spiro atoms. The summed E-state index contributed by atoms with van der Waals surface area (Å²) < 4.78 is 1.95. The van der Waals surface area contributed by atoms with Crippen molar-refractivity contribution in [2.45, 2.75) is 20.8 Å². The van der Waals surface area contributed by atoms with Gasteiger partial charge in [0.25, 0.3) is 5.91 Å². The molecule has 0 saturated heterocycles. The summed E-state index contributed by atoms with van der Waals surface area (Å²) in [6, 6.07) is 7.64. The molecule has 100 valence electrons. The van der Waals surface area contributed by atoms with Crippen LogP contribution in [0.3, 0.4) is 0 Å². The number of hydrazine groups is 1. The lowest BCUT2D eigenvalue weighted by atomic mass is 10.2. The van der Waals surface area contributed by atoms with E-state index in [4.69, 9.17) is 17.4 Å². The standard InChI is InChI=1S/C14H16ClN3O/c1-8-4-5-13(12(15)6-8)18-9(2)7-11(10(18)3)14(19)17-16/h4-7H,16H2,1-3H3,(H,17,19). The van der Waals surface area contributed by atoms with Gasteiger partial charge in [0.1, 0.15) is 0 Å². The highest BCUT2D eigenvalue weighted by atomic mass is 35.5. The Labute approximate surface area is 117 Å². The van der Waals surface area contributed by atoms with E-state index in [1.54, 1.807) is 6.07 Å². The summed E-state index contributed by atoms with van der Waals surface area (Å²) in [4.78, 5) is 11.7. The van der Waals surface area contributed by atoms with Crippen molar-refractivity contribution in [2.75, 3.05) is 0 Å². The van der Waals surface area contributed by atoms with Crippen LogP contribution in [0.1, 0.15) is 27.3 Å². The van der Waals surface area contributed by atoms with E-state index in [-0.39, 0.29) is 5.91 Å². The number of nitrogen functional groups attached to an aromatic ring is 1. The summed E-state index contributed by atoms with van der Waals surface area (Å²) >= 11 is 6.28. The van der Waals surface area contributed by atoms with Gasteiger partial charge in [0.15, 0.2) is 0 Å². The van der Waals surface area contributed by atoms with E-state index in [2.05, 4.69) is 5.43 Å². The van der Waals surface area contributed by atoms with Gasteiger partial charge in [-0.05, 0) is 44.5 Å². The average molecular weight is 278 g/mol. The molecule has 1 heterocycles. The van der Waals surface area contributed by atoms with Crippen LogP contribution in [0.4, 0.5) is 0 Å². The van der Waals surface area contributed by atoms with Gasteiger partial charge in [0, 0.05) is 11.4 Å². The highest BCUT2D eigenvalue weighted by Gasteiger charge is 2.17. The Morgan fingerprint density at radius 3 is 2.53 bits per heavy atom. The smallest absolute Gasteiger partial charge is 0.267 e. The van der Waals surface area contributed by atoms with Gasteiger partial charge >= 0.3 is 0 Å². The second-order valence-corrected chi connectivity index (χ2v) is 4.96. The number of aromatic nitrogens is 1. The third-order valence-corrected chi connectivity index (χ3v) is 3.45. The molecule has 1 aromatic heterocycles. The minimum Gasteiger partial charge on any atom is -0.316 e. The molecule has 1 amide bonds. The molecule has 3 N–H and O–H groups in total. The van der Waals surface area contributed by atoms with E-state index >= 15 is 0 Å². The largest absolute Gasteiger partial charge is 0.316 e. The molecule has 0 fully saturated rings. The molecule has 19 heavy (non-hydrogen) atoms. The summed E-state index contributed by atoms with van der Waals surface area (Å²) in [6.45, 7) is 5.78. The monoisotopic (exact) mass is 277 g/mol. The van der Waals surface area contributed by atoms with E-state index in [1.165, 1.54) is 0 Å². The molecular formula is C14H16ClN3O. The molecule has 2 aromatic rings. The number of halogens is 1. The summed E-state index contributed by atoms with van der Waals surface area (Å²) in [6.07, 6.45) is 0. The third-order valence-electron chi connectivity index (χ3n) is 3.15. The number of rotatable bonds is 2. The Kier molecular flexibility index (Phi) is 3.64. The van der Waals surface area contributed by atoms with Crippen molar-refractivity contribution < 1.29 is 4.79 Å². The Hall–Kier alpha value is -1.78. The first kappa shape index (κ1) is 13.6. The second kappa shape index (κ2) is 5.07. The molecule has 0 aliphatic rings. The van der Waals surface area contributed by atoms with E-state index in [0.717, 1.165) is 22.6 Å². The van der Waals surface area contributed by atoms with Crippen LogP contribution in [-0.4, -0.2) is 10.5 Å².